The van der Waals surface area contributed by atoms with Crippen LogP contribution in [-0.4, -0.2) is 15.7 Å². The van der Waals surface area contributed by atoms with Crippen molar-refractivity contribution in [2.75, 3.05) is 5.73 Å². The van der Waals surface area contributed by atoms with E-state index in [1.807, 2.05) is 26.0 Å². The van der Waals surface area contributed by atoms with Crippen LogP contribution in [-0.2, 0) is 6.54 Å². The Labute approximate surface area is 126 Å². The van der Waals surface area contributed by atoms with E-state index >= 15 is 0 Å². The number of rotatable bonds is 5. The topological polar surface area (TPSA) is 53.1 Å². The molecule has 1 aromatic heterocycles. The molecular weight excluding hydrogens is 262 g/mol. The Bertz CT molecular complexity index is 653. The number of hydrogen-bond acceptors (Lipinski definition) is 3. The fourth-order valence-corrected chi connectivity index (χ4v) is 3.05. The van der Waals surface area contributed by atoms with Gasteiger partial charge in [-0.25, -0.2) is 4.98 Å². The zero-order valence-electron chi connectivity index (χ0n) is 13.4. The number of hydrogen-bond donors (Lipinski definition) is 1. The minimum atomic E-state index is 0.132. The van der Waals surface area contributed by atoms with Crippen LogP contribution < -0.4 is 10.5 Å². The van der Waals surface area contributed by atoms with Gasteiger partial charge in [0.05, 0.1) is 11.6 Å². The number of nitrogen functional groups attached to an aromatic ring is 1. The highest BCUT2D eigenvalue weighted by Gasteiger charge is 2.46. The lowest BCUT2D eigenvalue weighted by molar-refractivity contribution is 0.245. The summed E-state index contributed by atoms with van der Waals surface area (Å²) >= 11 is 0. The van der Waals surface area contributed by atoms with E-state index in [1.165, 1.54) is 12.8 Å². The van der Waals surface area contributed by atoms with Gasteiger partial charge in [0.15, 0.2) is 0 Å². The molecule has 4 heteroatoms. The molecule has 1 aliphatic carbocycles. The average molecular weight is 287 g/mol. The van der Waals surface area contributed by atoms with Crippen molar-refractivity contribution in [2.24, 2.45) is 11.3 Å². The number of ether oxygens (including phenoxy) is 1. The first-order valence-electron chi connectivity index (χ1n) is 7.84. The molecule has 0 radical (unpaired) electrons. The van der Waals surface area contributed by atoms with Crippen molar-refractivity contribution < 1.29 is 4.74 Å². The second kappa shape index (κ2) is 4.93. The van der Waals surface area contributed by atoms with Gasteiger partial charge in [0.1, 0.15) is 11.3 Å². The number of nitrogens with two attached hydrogens (primary N) is 1. The Morgan fingerprint density at radius 1 is 1.29 bits per heavy atom. The minimum Gasteiger partial charge on any atom is -0.489 e. The molecule has 1 aliphatic rings. The molecule has 3 rings (SSSR count). The molecule has 114 valence electrons. The van der Waals surface area contributed by atoms with Gasteiger partial charge in [-0.3, -0.25) is 0 Å². The van der Waals surface area contributed by atoms with Gasteiger partial charge in [-0.1, -0.05) is 19.9 Å². The maximum atomic E-state index is 6.18. The lowest BCUT2D eigenvalue weighted by Crippen LogP contribution is -2.18. The van der Waals surface area contributed by atoms with Crippen molar-refractivity contribution in [1.82, 2.24) is 9.55 Å². The van der Waals surface area contributed by atoms with Crippen molar-refractivity contribution in [2.45, 2.75) is 53.2 Å². The number of benzene rings is 1. The first-order chi connectivity index (χ1) is 9.93. The summed E-state index contributed by atoms with van der Waals surface area (Å²) in [6, 6.07) is 6.07. The van der Waals surface area contributed by atoms with E-state index in [0.717, 1.165) is 23.3 Å². The van der Waals surface area contributed by atoms with Crippen LogP contribution >= 0.6 is 0 Å². The third-order valence-corrected chi connectivity index (χ3v) is 4.72. The van der Waals surface area contributed by atoms with Gasteiger partial charge in [0.25, 0.3) is 0 Å². The van der Waals surface area contributed by atoms with Crippen molar-refractivity contribution in [3.8, 4) is 5.75 Å². The van der Waals surface area contributed by atoms with E-state index in [-0.39, 0.29) is 6.10 Å². The maximum Gasteiger partial charge on any atom is 0.201 e. The van der Waals surface area contributed by atoms with Gasteiger partial charge in [-0.2, -0.15) is 0 Å². The van der Waals surface area contributed by atoms with Crippen LogP contribution in [0.3, 0.4) is 0 Å². The van der Waals surface area contributed by atoms with Gasteiger partial charge in [0, 0.05) is 6.54 Å². The Kier molecular flexibility index (Phi) is 3.34. The Morgan fingerprint density at radius 2 is 2.00 bits per heavy atom. The second-order valence-corrected chi connectivity index (χ2v) is 6.86. The maximum absolute atomic E-state index is 6.18. The summed E-state index contributed by atoms with van der Waals surface area (Å²) in [5.74, 6) is 2.09. The number of para-hydroxylation sites is 1. The Morgan fingerprint density at radius 3 is 2.57 bits per heavy atom. The summed E-state index contributed by atoms with van der Waals surface area (Å²) in [5.41, 5.74) is 8.54. The zero-order chi connectivity index (χ0) is 15.2. The summed E-state index contributed by atoms with van der Waals surface area (Å²) in [6.07, 6.45) is 2.70. The monoisotopic (exact) mass is 287 g/mol. The molecule has 0 bridgehead atoms. The number of imidazole rings is 1. The third kappa shape index (κ3) is 2.47. The lowest BCUT2D eigenvalue weighted by Gasteiger charge is -2.21. The molecule has 1 fully saturated rings. The molecule has 1 saturated carbocycles. The van der Waals surface area contributed by atoms with E-state index in [9.17, 15) is 0 Å². The molecule has 4 nitrogen and oxygen atoms in total. The average Bonchev–Trinajstić information content (AvgIpc) is 3.12. The van der Waals surface area contributed by atoms with Gasteiger partial charge in [0.2, 0.25) is 5.95 Å². The standard InChI is InChI=1S/C17H25N3O/c1-11(2)17(8-9-17)10-20-13-6-5-7-14(21-12(3)4)15(13)19-16(20)18/h5-7,11-12H,8-10H2,1-4H3,(H2,18,19). The predicted molar refractivity (Wildman–Crippen MR) is 86.4 cm³/mol. The molecule has 2 aromatic rings. The molecule has 0 amide bonds. The largest absolute Gasteiger partial charge is 0.489 e. The first-order valence-corrected chi connectivity index (χ1v) is 7.84. The van der Waals surface area contributed by atoms with Gasteiger partial charge in [-0.15, -0.1) is 0 Å². The fraction of sp³-hybridized carbons (Fsp3) is 0.588. The van der Waals surface area contributed by atoms with Crippen LogP contribution in [0.25, 0.3) is 11.0 Å². The van der Waals surface area contributed by atoms with Crippen molar-refractivity contribution >= 4 is 17.0 Å². The highest BCUT2D eigenvalue weighted by Crippen LogP contribution is 2.53. The quantitative estimate of drug-likeness (QED) is 0.909. The number of fused-ring (bicyclic) bond motifs is 1. The molecule has 21 heavy (non-hydrogen) atoms. The molecule has 1 aromatic carbocycles. The molecular formula is C17H25N3O. The highest BCUT2D eigenvalue weighted by molar-refractivity contribution is 5.84. The van der Waals surface area contributed by atoms with Crippen LogP contribution in [0, 0.1) is 11.3 Å². The fourth-order valence-electron chi connectivity index (χ4n) is 3.05. The van der Waals surface area contributed by atoms with Crippen molar-refractivity contribution in [1.29, 1.82) is 0 Å². The van der Waals surface area contributed by atoms with Crippen LogP contribution in [0.15, 0.2) is 18.2 Å². The van der Waals surface area contributed by atoms with Crippen LogP contribution in [0.2, 0.25) is 0 Å². The Balaban J connectivity index is 2.02. The lowest BCUT2D eigenvalue weighted by atomic mass is 9.92. The van der Waals surface area contributed by atoms with E-state index in [0.29, 0.717) is 17.3 Å². The van der Waals surface area contributed by atoms with Crippen molar-refractivity contribution in [3.05, 3.63) is 18.2 Å². The molecule has 0 aliphatic heterocycles. The van der Waals surface area contributed by atoms with Gasteiger partial charge < -0.3 is 15.0 Å². The molecule has 0 unspecified atom stereocenters. The molecule has 0 atom stereocenters. The third-order valence-electron chi connectivity index (χ3n) is 4.72. The molecule has 2 N–H and O–H groups in total. The van der Waals surface area contributed by atoms with Crippen LogP contribution in [0.1, 0.15) is 40.5 Å². The zero-order valence-corrected chi connectivity index (χ0v) is 13.4. The predicted octanol–water partition coefficient (Wildman–Crippen LogP) is 3.84. The van der Waals surface area contributed by atoms with Crippen LogP contribution in [0.4, 0.5) is 5.95 Å². The minimum absolute atomic E-state index is 0.132. The molecule has 0 saturated heterocycles. The second-order valence-electron chi connectivity index (χ2n) is 6.86. The summed E-state index contributed by atoms with van der Waals surface area (Å²) < 4.78 is 8.02. The number of anilines is 1. The number of nitrogens with zero attached hydrogens (tertiary/aromatic N) is 2. The number of aromatic nitrogens is 2. The smallest absolute Gasteiger partial charge is 0.201 e. The van der Waals surface area contributed by atoms with Crippen LogP contribution in [0.5, 0.6) is 5.75 Å². The SMILES string of the molecule is CC(C)Oc1cccc2c1nc(N)n2CC1(C(C)C)CC1. The van der Waals surface area contributed by atoms with E-state index in [4.69, 9.17) is 10.5 Å². The summed E-state index contributed by atoms with van der Waals surface area (Å²) in [5, 5.41) is 0. The van der Waals surface area contributed by atoms with E-state index in [1.54, 1.807) is 0 Å². The van der Waals surface area contributed by atoms with Gasteiger partial charge in [-0.05, 0) is 50.2 Å². The normalized spacial score (nSPS) is 16.9. The summed E-state index contributed by atoms with van der Waals surface area (Å²) in [4.78, 5) is 4.55. The van der Waals surface area contributed by atoms with E-state index in [2.05, 4.69) is 29.5 Å². The Hall–Kier alpha value is -1.71. The summed E-state index contributed by atoms with van der Waals surface area (Å²) in [6.45, 7) is 9.61. The first kappa shape index (κ1) is 14.2. The molecule has 0 spiro atoms. The highest BCUT2D eigenvalue weighted by atomic mass is 16.5. The van der Waals surface area contributed by atoms with E-state index < -0.39 is 0 Å². The van der Waals surface area contributed by atoms with Crippen molar-refractivity contribution in [3.63, 3.8) is 0 Å². The molecule has 1 heterocycles. The summed E-state index contributed by atoms with van der Waals surface area (Å²) in [7, 11) is 0. The van der Waals surface area contributed by atoms with Gasteiger partial charge >= 0.3 is 0 Å².